The van der Waals surface area contributed by atoms with Crippen LogP contribution in [0.5, 0.6) is 0 Å². The third-order valence-electron chi connectivity index (χ3n) is 4.38. The number of carbonyl (C=O) groups excluding carboxylic acids is 2. The number of hydrogen-bond donors (Lipinski definition) is 1. The summed E-state index contributed by atoms with van der Waals surface area (Å²) < 4.78 is 0. The predicted molar refractivity (Wildman–Crippen MR) is 89.1 cm³/mol. The van der Waals surface area contributed by atoms with Crippen molar-refractivity contribution in [2.24, 2.45) is 11.8 Å². The Bertz CT molecular complexity index is 529. The molecule has 0 unspecified atom stereocenters. The highest BCUT2D eigenvalue weighted by Crippen LogP contribution is 2.23. The van der Waals surface area contributed by atoms with Crippen molar-refractivity contribution in [2.75, 3.05) is 18.4 Å². The van der Waals surface area contributed by atoms with Gasteiger partial charge >= 0.3 is 0 Å². The number of benzene rings is 1. The first-order valence-electron chi connectivity index (χ1n) is 8.02. The van der Waals surface area contributed by atoms with Crippen molar-refractivity contribution in [3.8, 4) is 0 Å². The summed E-state index contributed by atoms with van der Waals surface area (Å²) in [4.78, 5) is 25.9. The maximum absolute atomic E-state index is 12.4. The molecule has 1 saturated heterocycles. The first-order valence-corrected chi connectivity index (χ1v) is 8.02. The summed E-state index contributed by atoms with van der Waals surface area (Å²) in [6.07, 6.45) is 1.23. The molecule has 1 aromatic carbocycles. The minimum atomic E-state index is -0.141. The first kappa shape index (κ1) is 16.7. The molecular weight excluding hydrogens is 276 g/mol. The van der Waals surface area contributed by atoms with Crippen molar-refractivity contribution in [3.63, 3.8) is 0 Å². The molecule has 1 aliphatic heterocycles. The first-order chi connectivity index (χ1) is 10.4. The van der Waals surface area contributed by atoms with E-state index >= 15 is 0 Å². The molecule has 1 heterocycles. The summed E-state index contributed by atoms with van der Waals surface area (Å²) in [6, 6.07) is 6.91. The SMILES string of the molecule is CC(=O)c1ccc(NC(=O)[C@H](C)N2C[C@@H](C)C[C@H](C)C2)cc1. The number of hydrogen-bond acceptors (Lipinski definition) is 3. The summed E-state index contributed by atoms with van der Waals surface area (Å²) in [6.45, 7) is 9.93. The van der Waals surface area contributed by atoms with E-state index in [9.17, 15) is 9.59 Å². The second-order valence-electron chi connectivity index (χ2n) is 6.70. The van der Waals surface area contributed by atoms with Gasteiger partial charge in [-0.3, -0.25) is 14.5 Å². The number of rotatable bonds is 4. The van der Waals surface area contributed by atoms with Gasteiger partial charge in [0.15, 0.2) is 5.78 Å². The summed E-state index contributed by atoms with van der Waals surface area (Å²) >= 11 is 0. The van der Waals surface area contributed by atoms with Crippen LogP contribution < -0.4 is 5.32 Å². The number of carbonyl (C=O) groups is 2. The van der Waals surface area contributed by atoms with E-state index in [1.807, 2.05) is 6.92 Å². The number of nitrogens with one attached hydrogen (secondary N) is 1. The second kappa shape index (κ2) is 7.05. The van der Waals surface area contributed by atoms with Gasteiger partial charge in [0.2, 0.25) is 5.91 Å². The Labute approximate surface area is 132 Å². The lowest BCUT2D eigenvalue weighted by atomic mass is 9.91. The van der Waals surface area contributed by atoms with Gasteiger partial charge in [0, 0.05) is 24.3 Å². The average Bonchev–Trinajstić information content (AvgIpc) is 2.46. The van der Waals surface area contributed by atoms with Crippen LogP contribution in [0.25, 0.3) is 0 Å². The largest absolute Gasteiger partial charge is 0.325 e. The van der Waals surface area contributed by atoms with E-state index in [1.54, 1.807) is 24.3 Å². The summed E-state index contributed by atoms with van der Waals surface area (Å²) in [5.74, 6) is 1.31. The molecule has 0 aromatic heterocycles. The van der Waals surface area contributed by atoms with Crippen molar-refractivity contribution < 1.29 is 9.59 Å². The van der Waals surface area contributed by atoms with Crippen molar-refractivity contribution in [2.45, 2.75) is 40.2 Å². The normalized spacial score (nSPS) is 23.8. The van der Waals surface area contributed by atoms with Crippen molar-refractivity contribution >= 4 is 17.4 Å². The van der Waals surface area contributed by atoms with Crippen LogP contribution in [0, 0.1) is 11.8 Å². The summed E-state index contributed by atoms with van der Waals surface area (Å²) in [5, 5.41) is 2.94. The van der Waals surface area contributed by atoms with Gasteiger partial charge in [0.1, 0.15) is 0 Å². The van der Waals surface area contributed by atoms with Gasteiger partial charge in [-0.05, 0) is 56.4 Å². The standard InChI is InChI=1S/C18H26N2O2/c1-12-9-13(2)11-20(10-12)14(3)18(22)19-17-7-5-16(6-8-17)15(4)21/h5-8,12-14H,9-11H2,1-4H3,(H,19,22)/t12-,13-,14-/m0/s1. The molecule has 1 fully saturated rings. The zero-order valence-corrected chi connectivity index (χ0v) is 13.9. The van der Waals surface area contributed by atoms with Gasteiger partial charge in [-0.2, -0.15) is 0 Å². The Morgan fingerprint density at radius 1 is 1.14 bits per heavy atom. The third kappa shape index (κ3) is 4.17. The number of likely N-dealkylation sites (tertiary alicyclic amines) is 1. The third-order valence-corrected chi connectivity index (χ3v) is 4.38. The zero-order chi connectivity index (χ0) is 16.3. The average molecular weight is 302 g/mol. The fourth-order valence-electron chi connectivity index (χ4n) is 3.23. The molecule has 1 aromatic rings. The number of Topliss-reactive ketones (excluding diaryl/α,β-unsaturated/α-hetero) is 1. The lowest BCUT2D eigenvalue weighted by Crippen LogP contribution is -2.48. The van der Waals surface area contributed by atoms with E-state index in [4.69, 9.17) is 0 Å². The summed E-state index contributed by atoms with van der Waals surface area (Å²) in [5.41, 5.74) is 1.39. The molecule has 1 amide bonds. The van der Waals surface area contributed by atoms with E-state index in [-0.39, 0.29) is 17.7 Å². The molecule has 0 radical (unpaired) electrons. The second-order valence-corrected chi connectivity index (χ2v) is 6.70. The van der Waals surface area contributed by atoms with Crippen LogP contribution in [0.2, 0.25) is 0 Å². The van der Waals surface area contributed by atoms with Crippen LogP contribution in [-0.4, -0.2) is 35.7 Å². The fourth-order valence-corrected chi connectivity index (χ4v) is 3.23. The molecule has 0 spiro atoms. The van der Waals surface area contributed by atoms with Crippen LogP contribution in [0.4, 0.5) is 5.69 Å². The smallest absolute Gasteiger partial charge is 0.241 e. The van der Waals surface area contributed by atoms with Crippen LogP contribution in [0.1, 0.15) is 44.5 Å². The van der Waals surface area contributed by atoms with Crippen molar-refractivity contribution in [1.82, 2.24) is 4.90 Å². The van der Waals surface area contributed by atoms with E-state index in [1.165, 1.54) is 13.3 Å². The predicted octanol–water partition coefficient (Wildman–Crippen LogP) is 3.19. The van der Waals surface area contributed by atoms with E-state index in [2.05, 4.69) is 24.1 Å². The quantitative estimate of drug-likeness (QED) is 0.869. The van der Waals surface area contributed by atoms with Gasteiger partial charge in [-0.1, -0.05) is 13.8 Å². The van der Waals surface area contributed by atoms with Crippen molar-refractivity contribution in [3.05, 3.63) is 29.8 Å². The Morgan fingerprint density at radius 3 is 2.18 bits per heavy atom. The minimum Gasteiger partial charge on any atom is -0.325 e. The molecular formula is C18H26N2O2. The number of amides is 1. The molecule has 2 rings (SSSR count). The highest BCUT2D eigenvalue weighted by molar-refractivity contribution is 5.96. The number of nitrogens with zero attached hydrogens (tertiary/aromatic N) is 1. The van der Waals surface area contributed by atoms with E-state index in [0.717, 1.165) is 18.8 Å². The Hall–Kier alpha value is -1.68. The maximum Gasteiger partial charge on any atom is 0.241 e. The zero-order valence-electron chi connectivity index (χ0n) is 13.9. The molecule has 22 heavy (non-hydrogen) atoms. The van der Waals surface area contributed by atoms with Gasteiger partial charge in [0.05, 0.1) is 6.04 Å². The Kier molecular flexibility index (Phi) is 5.35. The van der Waals surface area contributed by atoms with Crippen LogP contribution in [-0.2, 0) is 4.79 Å². The van der Waals surface area contributed by atoms with E-state index in [0.29, 0.717) is 17.4 Å². The van der Waals surface area contributed by atoms with E-state index < -0.39 is 0 Å². The van der Waals surface area contributed by atoms with Gasteiger partial charge in [0.25, 0.3) is 0 Å². The Morgan fingerprint density at radius 2 is 1.68 bits per heavy atom. The molecule has 4 nitrogen and oxygen atoms in total. The molecule has 1 N–H and O–H groups in total. The van der Waals surface area contributed by atoms with Crippen LogP contribution >= 0.6 is 0 Å². The van der Waals surface area contributed by atoms with Crippen molar-refractivity contribution in [1.29, 1.82) is 0 Å². The molecule has 3 atom stereocenters. The molecule has 4 heteroatoms. The van der Waals surface area contributed by atoms with Gasteiger partial charge in [-0.25, -0.2) is 0 Å². The fraction of sp³-hybridized carbons (Fsp3) is 0.556. The lowest BCUT2D eigenvalue weighted by Gasteiger charge is -2.38. The molecule has 0 saturated carbocycles. The highest BCUT2D eigenvalue weighted by atomic mass is 16.2. The van der Waals surface area contributed by atoms with Gasteiger partial charge < -0.3 is 5.32 Å². The highest BCUT2D eigenvalue weighted by Gasteiger charge is 2.28. The lowest BCUT2D eigenvalue weighted by molar-refractivity contribution is -0.121. The Balaban J connectivity index is 1.97. The molecule has 1 aliphatic rings. The molecule has 120 valence electrons. The molecule has 0 aliphatic carbocycles. The monoisotopic (exact) mass is 302 g/mol. The summed E-state index contributed by atoms with van der Waals surface area (Å²) in [7, 11) is 0. The van der Waals surface area contributed by atoms with Crippen LogP contribution in [0.15, 0.2) is 24.3 Å². The minimum absolute atomic E-state index is 0.0110. The van der Waals surface area contributed by atoms with Gasteiger partial charge in [-0.15, -0.1) is 0 Å². The number of ketones is 1. The number of piperidine rings is 1. The number of anilines is 1. The topological polar surface area (TPSA) is 49.4 Å². The van der Waals surface area contributed by atoms with Crippen LogP contribution in [0.3, 0.4) is 0 Å². The maximum atomic E-state index is 12.4. The molecule has 0 bridgehead atoms.